The minimum atomic E-state index is -0.391. The van der Waals surface area contributed by atoms with Gasteiger partial charge in [-0.2, -0.15) is 0 Å². The predicted molar refractivity (Wildman–Crippen MR) is 182 cm³/mol. The molecule has 47 heavy (non-hydrogen) atoms. The normalized spacial score (nSPS) is 16.1. The number of piperidine rings is 1. The second-order valence-electron chi connectivity index (χ2n) is 11.8. The second kappa shape index (κ2) is 17.0. The van der Waals surface area contributed by atoms with Crippen molar-refractivity contribution in [3.05, 3.63) is 64.3 Å². The molecule has 13 heteroatoms. The number of pyridine rings is 2. The van der Waals surface area contributed by atoms with E-state index < -0.39 is 6.09 Å². The molecule has 0 spiro atoms. The largest absolute Gasteiger partial charge is 0.466 e. The van der Waals surface area contributed by atoms with Crippen LogP contribution in [0.3, 0.4) is 0 Å². The van der Waals surface area contributed by atoms with E-state index in [1.54, 1.807) is 19.3 Å². The molecule has 4 heterocycles. The molecule has 5 rings (SSSR count). The van der Waals surface area contributed by atoms with Crippen LogP contribution in [0.4, 0.5) is 10.6 Å². The van der Waals surface area contributed by atoms with E-state index in [-0.39, 0.29) is 5.97 Å². The summed E-state index contributed by atoms with van der Waals surface area (Å²) in [5, 5.41) is 3.56. The first-order valence-corrected chi connectivity index (χ1v) is 16.8. The van der Waals surface area contributed by atoms with Crippen LogP contribution in [0.25, 0.3) is 11.3 Å². The lowest BCUT2D eigenvalue weighted by Crippen LogP contribution is -2.47. The summed E-state index contributed by atoms with van der Waals surface area (Å²) in [6, 6.07) is 13.3. The summed E-state index contributed by atoms with van der Waals surface area (Å²) in [5.74, 6) is 2.11. The molecule has 2 aromatic heterocycles. The third kappa shape index (κ3) is 10.4. The average Bonchev–Trinajstić information content (AvgIpc) is 3.07. The third-order valence-corrected chi connectivity index (χ3v) is 8.80. The Morgan fingerprint density at radius 1 is 0.936 bits per heavy atom. The summed E-state index contributed by atoms with van der Waals surface area (Å²) in [6.45, 7) is 9.23. The fourth-order valence-corrected chi connectivity index (χ4v) is 6.34. The number of esters is 1. The van der Waals surface area contributed by atoms with E-state index in [0.29, 0.717) is 66.0 Å². The molecule has 1 aromatic carbocycles. The molecule has 1 N–H and O–H groups in total. The maximum Gasteiger partial charge on any atom is 0.406 e. The fourth-order valence-electron chi connectivity index (χ4n) is 5.81. The van der Waals surface area contributed by atoms with Gasteiger partial charge in [0.05, 0.1) is 31.5 Å². The van der Waals surface area contributed by atoms with Gasteiger partial charge in [-0.3, -0.25) is 14.6 Å². The van der Waals surface area contributed by atoms with Crippen LogP contribution in [0.1, 0.15) is 31.7 Å². The van der Waals surface area contributed by atoms with Gasteiger partial charge in [-0.15, -0.1) is 0 Å². The van der Waals surface area contributed by atoms with E-state index >= 15 is 0 Å². The molecular formula is C34H42Cl2N6O5. The Morgan fingerprint density at radius 2 is 1.68 bits per heavy atom. The van der Waals surface area contributed by atoms with Crippen molar-refractivity contribution in [2.45, 2.75) is 32.7 Å². The van der Waals surface area contributed by atoms with Gasteiger partial charge in [0, 0.05) is 68.0 Å². The molecule has 0 aliphatic carbocycles. The summed E-state index contributed by atoms with van der Waals surface area (Å²) in [4.78, 5) is 39.6. The first kappa shape index (κ1) is 34.7. The minimum Gasteiger partial charge on any atom is -0.466 e. The van der Waals surface area contributed by atoms with Crippen LogP contribution in [0.5, 0.6) is 11.6 Å². The average molecular weight is 686 g/mol. The molecule has 11 nitrogen and oxygen atoms in total. The molecular weight excluding hydrogens is 643 g/mol. The van der Waals surface area contributed by atoms with Gasteiger partial charge in [0.2, 0.25) is 5.88 Å². The summed E-state index contributed by atoms with van der Waals surface area (Å²) in [6.07, 6.45) is 3.63. The van der Waals surface area contributed by atoms with Crippen LogP contribution in [0.15, 0.2) is 48.7 Å². The van der Waals surface area contributed by atoms with E-state index in [1.165, 1.54) is 0 Å². The van der Waals surface area contributed by atoms with Gasteiger partial charge < -0.3 is 24.4 Å². The highest BCUT2D eigenvalue weighted by Gasteiger charge is 2.22. The number of rotatable bonds is 12. The Hall–Kier alpha value is -3.64. The Balaban J connectivity index is 1.23. The quantitative estimate of drug-likeness (QED) is 0.232. The Labute approximate surface area is 286 Å². The standard InChI is InChI=1S/C34H42Cl2N6O5/c1-3-45-33(43)8-11-40-12-14-42(15-13-40)31-5-4-29(21-38-31)47-32-17-25(16-30(39-32)26-18-27(35)20-28(36)19-26)22-41-9-6-24(7-10-41)23-46-34(44)37-2/h4-5,16-21,24H,3,6-15,22-23H2,1-2H3,(H,37,44). The number of carbonyl (C=O) groups excluding carboxylic acids is 2. The number of nitrogens with one attached hydrogen (secondary N) is 1. The highest BCUT2D eigenvalue weighted by molar-refractivity contribution is 6.35. The summed E-state index contributed by atoms with van der Waals surface area (Å²) >= 11 is 12.7. The smallest absolute Gasteiger partial charge is 0.406 e. The highest BCUT2D eigenvalue weighted by Crippen LogP contribution is 2.31. The summed E-state index contributed by atoms with van der Waals surface area (Å²) in [5.41, 5.74) is 2.56. The van der Waals surface area contributed by atoms with Gasteiger partial charge in [-0.1, -0.05) is 23.2 Å². The van der Waals surface area contributed by atoms with Crippen LogP contribution < -0.4 is 15.0 Å². The van der Waals surface area contributed by atoms with Gasteiger partial charge in [0.1, 0.15) is 11.6 Å². The first-order valence-electron chi connectivity index (χ1n) is 16.1. The van der Waals surface area contributed by atoms with Gasteiger partial charge >= 0.3 is 12.1 Å². The number of aromatic nitrogens is 2. The molecule has 252 valence electrons. The van der Waals surface area contributed by atoms with Crippen LogP contribution in [0.2, 0.25) is 10.0 Å². The molecule has 2 saturated heterocycles. The minimum absolute atomic E-state index is 0.151. The maximum absolute atomic E-state index is 11.7. The zero-order valence-corrected chi connectivity index (χ0v) is 28.4. The Kier molecular flexibility index (Phi) is 12.5. The van der Waals surface area contributed by atoms with E-state index in [1.807, 2.05) is 43.3 Å². The van der Waals surface area contributed by atoms with E-state index in [0.717, 1.165) is 69.1 Å². The van der Waals surface area contributed by atoms with Crippen molar-refractivity contribution in [2.24, 2.45) is 5.92 Å². The van der Waals surface area contributed by atoms with Crippen molar-refractivity contribution in [3.63, 3.8) is 0 Å². The topological polar surface area (TPSA) is 109 Å². The van der Waals surface area contributed by atoms with E-state index in [9.17, 15) is 9.59 Å². The lowest BCUT2D eigenvalue weighted by molar-refractivity contribution is -0.143. The molecule has 0 unspecified atom stereocenters. The maximum atomic E-state index is 11.7. The van der Waals surface area contributed by atoms with Gasteiger partial charge in [0.25, 0.3) is 0 Å². The summed E-state index contributed by atoms with van der Waals surface area (Å²) in [7, 11) is 1.57. The number of ether oxygens (including phenoxy) is 3. The van der Waals surface area contributed by atoms with Crippen LogP contribution >= 0.6 is 23.2 Å². The highest BCUT2D eigenvalue weighted by atomic mass is 35.5. The molecule has 2 fully saturated rings. The molecule has 0 bridgehead atoms. The van der Waals surface area contributed by atoms with Crippen LogP contribution in [0, 0.1) is 5.92 Å². The first-order chi connectivity index (χ1) is 22.8. The van der Waals surface area contributed by atoms with E-state index in [4.69, 9.17) is 42.4 Å². The Bertz CT molecular complexity index is 1470. The fraction of sp³-hybridized carbons (Fsp3) is 0.471. The number of likely N-dealkylation sites (tertiary alicyclic amines) is 1. The zero-order valence-electron chi connectivity index (χ0n) is 26.9. The molecule has 3 aromatic rings. The predicted octanol–water partition coefficient (Wildman–Crippen LogP) is 5.89. The van der Waals surface area contributed by atoms with Crippen molar-refractivity contribution in [1.29, 1.82) is 0 Å². The monoisotopic (exact) mass is 684 g/mol. The zero-order chi connectivity index (χ0) is 33.2. The number of carbonyl (C=O) groups is 2. The second-order valence-corrected chi connectivity index (χ2v) is 12.6. The lowest BCUT2D eigenvalue weighted by Gasteiger charge is -2.35. The molecule has 0 radical (unpaired) electrons. The number of anilines is 1. The van der Waals surface area contributed by atoms with E-state index in [2.05, 4.69) is 25.0 Å². The third-order valence-electron chi connectivity index (χ3n) is 8.36. The van der Waals surface area contributed by atoms with Crippen LogP contribution in [-0.4, -0.2) is 97.9 Å². The number of amides is 1. The van der Waals surface area contributed by atoms with Crippen LogP contribution in [-0.2, 0) is 20.8 Å². The van der Waals surface area contributed by atoms with Crippen molar-refractivity contribution in [2.75, 3.05) is 71.0 Å². The summed E-state index contributed by atoms with van der Waals surface area (Å²) < 4.78 is 16.6. The van der Waals surface area contributed by atoms with Gasteiger partial charge in [-0.25, -0.2) is 14.8 Å². The van der Waals surface area contributed by atoms with Gasteiger partial charge in [0.15, 0.2) is 0 Å². The Morgan fingerprint density at radius 3 is 2.34 bits per heavy atom. The SMILES string of the molecule is CCOC(=O)CCN1CCN(c2ccc(Oc3cc(CN4CCC(COC(=O)NC)CC4)cc(-c4cc(Cl)cc(Cl)c4)n3)cn2)CC1. The number of nitrogens with zero attached hydrogens (tertiary/aromatic N) is 5. The molecule has 0 atom stereocenters. The number of piperazine rings is 1. The number of halogens is 2. The van der Waals surface area contributed by atoms with Crippen molar-refractivity contribution in [3.8, 4) is 22.9 Å². The molecule has 1 amide bonds. The molecule has 2 aliphatic heterocycles. The number of benzene rings is 1. The number of hydrogen-bond acceptors (Lipinski definition) is 10. The van der Waals surface area contributed by atoms with Crippen molar-refractivity contribution < 1.29 is 23.8 Å². The number of hydrogen-bond donors (Lipinski definition) is 1. The van der Waals surface area contributed by atoms with Crippen molar-refractivity contribution in [1.82, 2.24) is 25.1 Å². The lowest BCUT2D eigenvalue weighted by atomic mass is 9.97. The van der Waals surface area contributed by atoms with Gasteiger partial charge in [-0.05, 0) is 80.7 Å². The molecule has 0 saturated carbocycles. The molecule has 2 aliphatic rings. The number of alkyl carbamates (subject to hydrolysis) is 1. The van der Waals surface area contributed by atoms with Crippen molar-refractivity contribution >= 4 is 41.1 Å².